The number of allylic oxidation sites excluding steroid dienone is 2. The molecule has 1 aliphatic carbocycles. The normalized spacial score (nSPS) is 16.1. The molecule has 0 fully saturated rings. The van der Waals surface area contributed by atoms with Crippen molar-refractivity contribution in [2.75, 3.05) is 20.8 Å². The zero-order valence-corrected chi connectivity index (χ0v) is 19.8. The number of hydrogen-bond donors (Lipinski definition) is 1. The predicted octanol–water partition coefficient (Wildman–Crippen LogP) is 5.60. The van der Waals surface area contributed by atoms with E-state index in [1.165, 1.54) is 0 Å². The van der Waals surface area contributed by atoms with Gasteiger partial charge in [-0.1, -0.05) is 50.0 Å². The van der Waals surface area contributed by atoms with Crippen LogP contribution in [0.3, 0.4) is 0 Å². The molecule has 0 bridgehead atoms. The minimum atomic E-state index is -0.485. The molecule has 33 heavy (non-hydrogen) atoms. The molecule has 1 aliphatic rings. The van der Waals surface area contributed by atoms with Gasteiger partial charge in [0, 0.05) is 19.3 Å². The molecule has 1 unspecified atom stereocenters. The Kier molecular flexibility index (Phi) is 8.19. The summed E-state index contributed by atoms with van der Waals surface area (Å²) in [7, 11) is 3.25. The van der Waals surface area contributed by atoms with Crippen LogP contribution in [-0.2, 0) is 16.1 Å². The summed E-state index contributed by atoms with van der Waals surface area (Å²) < 4.78 is 16.2. The summed E-state index contributed by atoms with van der Waals surface area (Å²) in [4.78, 5) is 13.0. The Bertz CT molecular complexity index is 1040. The second-order valence-electron chi connectivity index (χ2n) is 8.98. The summed E-state index contributed by atoms with van der Waals surface area (Å²) in [6, 6.07) is 15.2. The summed E-state index contributed by atoms with van der Waals surface area (Å²) in [6.07, 6.45) is 1.38. The van der Waals surface area contributed by atoms with E-state index in [-0.39, 0.29) is 17.0 Å². The Morgan fingerprint density at radius 2 is 1.58 bits per heavy atom. The van der Waals surface area contributed by atoms with E-state index < -0.39 is 5.92 Å². The number of rotatable bonds is 8. The molecule has 2 aromatic carbocycles. The standard InChI is InChI=1S/C28H32O5/c1-28(2)17-25(29)27(26(30)18-28)24(21-10-14-23(32-4)15-11-21)7-5-6-16-33-19-20-8-12-22(31-3)13-9-20/h8-15,24,29H,6,16-19H2,1-4H3. The molecule has 5 nitrogen and oxygen atoms in total. The Hall–Kier alpha value is -3.23. The third-order valence-corrected chi connectivity index (χ3v) is 5.68. The van der Waals surface area contributed by atoms with Gasteiger partial charge in [-0.2, -0.15) is 0 Å². The summed E-state index contributed by atoms with van der Waals surface area (Å²) >= 11 is 0. The molecule has 5 heteroatoms. The monoisotopic (exact) mass is 448 g/mol. The number of ether oxygens (including phenoxy) is 3. The van der Waals surface area contributed by atoms with Crippen LogP contribution in [0.4, 0.5) is 0 Å². The molecule has 1 atom stereocenters. The minimum absolute atomic E-state index is 0.0466. The average Bonchev–Trinajstić information content (AvgIpc) is 2.79. The lowest BCUT2D eigenvalue weighted by Gasteiger charge is -2.31. The first-order chi connectivity index (χ1) is 15.8. The van der Waals surface area contributed by atoms with Gasteiger partial charge in [0.25, 0.3) is 0 Å². The lowest BCUT2D eigenvalue weighted by Crippen LogP contribution is -2.28. The molecule has 0 radical (unpaired) electrons. The Labute approximate surface area is 196 Å². The molecule has 0 saturated heterocycles. The van der Waals surface area contributed by atoms with Crippen molar-refractivity contribution in [2.24, 2.45) is 5.41 Å². The molecule has 0 aromatic heterocycles. The zero-order valence-electron chi connectivity index (χ0n) is 19.8. The van der Waals surface area contributed by atoms with Crippen molar-refractivity contribution in [2.45, 2.75) is 45.6 Å². The molecule has 0 saturated carbocycles. The molecule has 2 aromatic rings. The maximum absolute atomic E-state index is 13.0. The van der Waals surface area contributed by atoms with E-state index in [2.05, 4.69) is 11.8 Å². The van der Waals surface area contributed by atoms with Gasteiger partial charge in [0.15, 0.2) is 5.78 Å². The highest BCUT2D eigenvalue weighted by Gasteiger charge is 2.36. The number of methoxy groups -OCH3 is 2. The van der Waals surface area contributed by atoms with Crippen molar-refractivity contribution in [3.63, 3.8) is 0 Å². The van der Waals surface area contributed by atoms with Crippen molar-refractivity contribution in [3.8, 4) is 23.3 Å². The lowest BCUT2D eigenvalue weighted by molar-refractivity contribution is -0.118. The van der Waals surface area contributed by atoms with Crippen molar-refractivity contribution in [1.82, 2.24) is 0 Å². The van der Waals surface area contributed by atoms with Crippen LogP contribution in [0.5, 0.6) is 11.5 Å². The number of hydrogen-bond acceptors (Lipinski definition) is 5. The first-order valence-corrected chi connectivity index (χ1v) is 11.1. The van der Waals surface area contributed by atoms with Crippen LogP contribution in [0.25, 0.3) is 0 Å². The van der Waals surface area contributed by atoms with Crippen LogP contribution in [-0.4, -0.2) is 31.7 Å². The highest BCUT2D eigenvalue weighted by Crippen LogP contribution is 2.40. The van der Waals surface area contributed by atoms with E-state index in [4.69, 9.17) is 14.2 Å². The molecule has 0 heterocycles. The second-order valence-corrected chi connectivity index (χ2v) is 8.98. The minimum Gasteiger partial charge on any atom is -0.512 e. The van der Waals surface area contributed by atoms with Crippen LogP contribution >= 0.6 is 0 Å². The largest absolute Gasteiger partial charge is 0.512 e. The average molecular weight is 449 g/mol. The fraction of sp³-hybridized carbons (Fsp3) is 0.393. The van der Waals surface area contributed by atoms with Gasteiger partial charge in [-0.05, 0) is 40.8 Å². The van der Waals surface area contributed by atoms with Gasteiger partial charge in [-0.25, -0.2) is 0 Å². The molecule has 0 amide bonds. The Morgan fingerprint density at radius 1 is 0.970 bits per heavy atom. The SMILES string of the molecule is COc1ccc(COCCC#CC(C2=C(O)CC(C)(C)CC2=O)c2ccc(OC)cc2)cc1. The Balaban J connectivity index is 1.71. The van der Waals surface area contributed by atoms with Crippen LogP contribution < -0.4 is 9.47 Å². The highest BCUT2D eigenvalue weighted by atomic mass is 16.5. The Morgan fingerprint density at radius 3 is 2.15 bits per heavy atom. The molecule has 174 valence electrons. The molecule has 1 N–H and O–H groups in total. The smallest absolute Gasteiger partial charge is 0.164 e. The maximum atomic E-state index is 13.0. The number of carbonyl (C=O) groups excluding carboxylic acids is 1. The fourth-order valence-corrected chi connectivity index (χ4v) is 3.96. The second kappa shape index (κ2) is 11.1. The van der Waals surface area contributed by atoms with Crippen molar-refractivity contribution in [3.05, 3.63) is 71.0 Å². The van der Waals surface area contributed by atoms with Gasteiger partial charge >= 0.3 is 0 Å². The first kappa shape index (κ1) is 24.4. The number of carbonyl (C=O) groups is 1. The fourth-order valence-electron chi connectivity index (χ4n) is 3.96. The maximum Gasteiger partial charge on any atom is 0.164 e. The van der Waals surface area contributed by atoms with Crippen molar-refractivity contribution < 1.29 is 24.1 Å². The summed E-state index contributed by atoms with van der Waals surface area (Å²) in [6.45, 7) is 4.95. The number of ketones is 1. The van der Waals surface area contributed by atoms with E-state index >= 15 is 0 Å². The van der Waals surface area contributed by atoms with Gasteiger partial charge in [0.05, 0.1) is 38.9 Å². The quantitative estimate of drug-likeness (QED) is 0.421. The number of benzene rings is 2. The molecular formula is C28H32O5. The highest BCUT2D eigenvalue weighted by molar-refractivity contribution is 5.99. The van der Waals surface area contributed by atoms with Crippen molar-refractivity contribution in [1.29, 1.82) is 0 Å². The van der Waals surface area contributed by atoms with Gasteiger partial charge in [0.1, 0.15) is 17.3 Å². The third-order valence-electron chi connectivity index (χ3n) is 5.68. The van der Waals surface area contributed by atoms with Crippen LogP contribution in [0.2, 0.25) is 0 Å². The molecule has 0 aliphatic heterocycles. The number of Topliss-reactive ketones (excluding diaryl/α,β-unsaturated/α-hetero) is 1. The molecular weight excluding hydrogens is 416 g/mol. The zero-order chi connectivity index (χ0) is 23.8. The summed E-state index contributed by atoms with van der Waals surface area (Å²) in [5.41, 5.74) is 2.08. The van der Waals surface area contributed by atoms with Crippen LogP contribution in [0, 0.1) is 17.3 Å². The topological polar surface area (TPSA) is 65.0 Å². The van der Waals surface area contributed by atoms with E-state index in [9.17, 15) is 9.90 Å². The third kappa shape index (κ3) is 6.63. The van der Waals surface area contributed by atoms with Crippen LogP contribution in [0.1, 0.15) is 50.2 Å². The molecule has 0 spiro atoms. The van der Waals surface area contributed by atoms with E-state index in [1.54, 1.807) is 14.2 Å². The van der Waals surface area contributed by atoms with Crippen molar-refractivity contribution >= 4 is 5.78 Å². The van der Waals surface area contributed by atoms with Gasteiger partial charge < -0.3 is 19.3 Å². The van der Waals surface area contributed by atoms with Crippen LogP contribution in [0.15, 0.2) is 59.9 Å². The number of aliphatic hydroxyl groups is 1. The summed E-state index contributed by atoms with van der Waals surface area (Å²) in [5.74, 6) is 7.52. The van der Waals surface area contributed by atoms with E-state index in [0.717, 1.165) is 22.6 Å². The van der Waals surface area contributed by atoms with Gasteiger partial charge in [-0.15, -0.1) is 0 Å². The van der Waals surface area contributed by atoms with Gasteiger partial charge in [0.2, 0.25) is 0 Å². The van der Waals surface area contributed by atoms with Gasteiger partial charge in [-0.3, -0.25) is 4.79 Å². The van der Waals surface area contributed by atoms with E-state index in [0.29, 0.717) is 38.0 Å². The lowest BCUT2D eigenvalue weighted by atomic mass is 9.72. The predicted molar refractivity (Wildman–Crippen MR) is 128 cm³/mol. The van der Waals surface area contributed by atoms with E-state index in [1.807, 2.05) is 62.4 Å². The molecule has 3 rings (SSSR count). The first-order valence-electron chi connectivity index (χ1n) is 11.1. The number of aliphatic hydroxyl groups excluding tert-OH is 1. The summed E-state index contributed by atoms with van der Waals surface area (Å²) in [5, 5.41) is 10.7.